The number of nitrogens with zero attached hydrogens (tertiary/aromatic N) is 5. The molecule has 0 bridgehead atoms. The van der Waals surface area contributed by atoms with Gasteiger partial charge in [0.05, 0.1) is 29.1 Å². The highest BCUT2D eigenvalue weighted by molar-refractivity contribution is 6.33. The molecule has 1 saturated heterocycles. The van der Waals surface area contributed by atoms with Gasteiger partial charge in [-0.2, -0.15) is 9.78 Å². The molecule has 31 heavy (non-hydrogen) atoms. The Morgan fingerprint density at radius 2 is 1.74 bits per heavy atom. The summed E-state index contributed by atoms with van der Waals surface area (Å²) in [5.41, 5.74) is 0.905. The summed E-state index contributed by atoms with van der Waals surface area (Å²) >= 11 is 12.2. The number of halogens is 2. The Balaban J connectivity index is 1.36. The molecule has 160 valence electrons. The minimum Gasteiger partial charge on any atom is -0.366 e. The van der Waals surface area contributed by atoms with Crippen LogP contribution >= 0.6 is 23.2 Å². The monoisotopic (exact) mass is 458 g/mol. The van der Waals surface area contributed by atoms with Crippen LogP contribution in [0.2, 0.25) is 10.0 Å². The first-order chi connectivity index (χ1) is 15.0. The van der Waals surface area contributed by atoms with Crippen molar-refractivity contribution in [2.75, 3.05) is 42.9 Å². The third-order valence-corrected chi connectivity index (χ3v) is 5.56. The molecule has 2 aromatic heterocycles. The van der Waals surface area contributed by atoms with E-state index in [2.05, 4.69) is 15.4 Å². The standard InChI is InChI=1S/C21H20Cl2N6O2/c22-15-6-7-18(24-12-15)26-19(30)14-27-8-10-28(11-9-27)17-13-25-29(21(31)20(17)23)16-4-2-1-3-5-16/h1-7,12-13H,8-11,14H2,(H,24,26,30). The lowest BCUT2D eigenvalue weighted by Crippen LogP contribution is -2.49. The first kappa shape index (κ1) is 21.3. The molecule has 3 aromatic rings. The van der Waals surface area contributed by atoms with E-state index in [1.165, 1.54) is 10.9 Å². The van der Waals surface area contributed by atoms with Gasteiger partial charge in [-0.05, 0) is 24.3 Å². The van der Waals surface area contributed by atoms with E-state index in [1.54, 1.807) is 30.5 Å². The fraction of sp³-hybridized carbons (Fsp3) is 0.238. The van der Waals surface area contributed by atoms with E-state index in [0.29, 0.717) is 48.4 Å². The Labute approximate surface area is 189 Å². The van der Waals surface area contributed by atoms with Crippen LogP contribution in [0.25, 0.3) is 5.69 Å². The van der Waals surface area contributed by atoms with Crippen molar-refractivity contribution in [2.45, 2.75) is 0 Å². The van der Waals surface area contributed by atoms with E-state index in [9.17, 15) is 9.59 Å². The Hall–Kier alpha value is -2.94. The number of rotatable bonds is 5. The number of benzene rings is 1. The second-order valence-corrected chi connectivity index (χ2v) is 7.88. The summed E-state index contributed by atoms with van der Waals surface area (Å²) < 4.78 is 1.29. The van der Waals surface area contributed by atoms with Crippen LogP contribution in [0.3, 0.4) is 0 Å². The zero-order valence-electron chi connectivity index (χ0n) is 16.5. The molecular formula is C21H20Cl2N6O2. The molecule has 0 aliphatic carbocycles. The maximum Gasteiger partial charge on any atom is 0.292 e. The molecule has 1 amide bonds. The summed E-state index contributed by atoms with van der Waals surface area (Å²) in [7, 11) is 0. The van der Waals surface area contributed by atoms with E-state index in [0.717, 1.165) is 0 Å². The topological polar surface area (TPSA) is 83.4 Å². The lowest BCUT2D eigenvalue weighted by atomic mass is 10.2. The molecule has 1 N–H and O–H groups in total. The summed E-state index contributed by atoms with van der Waals surface area (Å²) in [4.78, 5) is 33.1. The van der Waals surface area contributed by atoms with Gasteiger partial charge in [-0.1, -0.05) is 41.4 Å². The van der Waals surface area contributed by atoms with Gasteiger partial charge in [0.15, 0.2) is 0 Å². The third kappa shape index (κ3) is 5.04. The van der Waals surface area contributed by atoms with E-state index in [-0.39, 0.29) is 23.0 Å². The average Bonchev–Trinajstić information content (AvgIpc) is 2.78. The first-order valence-electron chi connectivity index (χ1n) is 9.73. The predicted molar refractivity (Wildman–Crippen MR) is 121 cm³/mol. The third-order valence-electron chi connectivity index (χ3n) is 4.98. The van der Waals surface area contributed by atoms with Gasteiger partial charge in [0, 0.05) is 32.4 Å². The molecule has 4 rings (SSSR count). The predicted octanol–water partition coefficient (Wildman–Crippen LogP) is 2.70. The highest BCUT2D eigenvalue weighted by Crippen LogP contribution is 2.23. The summed E-state index contributed by atoms with van der Waals surface area (Å²) in [5.74, 6) is 0.318. The van der Waals surface area contributed by atoms with Gasteiger partial charge < -0.3 is 10.2 Å². The van der Waals surface area contributed by atoms with Crippen molar-refractivity contribution in [3.8, 4) is 5.69 Å². The largest absolute Gasteiger partial charge is 0.366 e. The molecule has 1 aromatic carbocycles. The fourth-order valence-electron chi connectivity index (χ4n) is 3.38. The number of amides is 1. The van der Waals surface area contributed by atoms with Crippen molar-refractivity contribution in [2.24, 2.45) is 0 Å². The SMILES string of the molecule is O=C(CN1CCN(c2cnn(-c3ccccc3)c(=O)c2Cl)CC1)Nc1ccc(Cl)cn1. The number of carbonyl (C=O) groups is 1. The Morgan fingerprint density at radius 3 is 2.42 bits per heavy atom. The van der Waals surface area contributed by atoms with Crippen LogP contribution in [0.1, 0.15) is 0 Å². The molecule has 1 aliphatic rings. The summed E-state index contributed by atoms with van der Waals surface area (Å²) in [6.07, 6.45) is 3.10. The van der Waals surface area contributed by atoms with E-state index >= 15 is 0 Å². The van der Waals surface area contributed by atoms with Gasteiger partial charge in [-0.25, -0.2) is 4.98 Å². The number of piperazine rings is 1. The zero-order chi connectivity index (χ0) is 21.8. The van der Waals surface area contributed by atoms with Crippen molar-refractivity contribution < 1.29 is 4.79 Å². The molecule has 0 spiro atoms. The number of para-hydroxylation sites is 1. The van der Waals surface area contributed by atoms with Crippen LogP contribution in [0.4, 0.5) is 11.5 Å². The number of nitrogens with one attached hydrogen (secondary N) is 1. The van der Waals surface area contributed by atoms with E-state index in [4.69, 9.17) is 23.2 Å². The number of hydrogen-bond acceptors (Lipinski definition) is 6. The summed E-state index contributed by atoms with van der Waals surface area (Å²) in [6, 6.07) is 12.5. The first-order valence-corrected chi connectivity index (χ1v) is 10.5. The van der Waals surface area contributed by atoms with Crippen LogP contribution in [-0.2, 0) is 4.79 Å². The molecule has 3 heterocycles. The van der Waals surface area contributed by atoms with Crippen LogP contribution < -0.4 is 15.8 Å². The Morgan fingerprint density at radius 1 is 1.00 bits per heavy atom. The molecule has 0 unspecified atom stereocenters. The number of pyridine rings is 1. The molecule has 0 saturated carbocycles. The quantitative estimate of drug-likeness (QED) is 0.632. The fourth-order valence-corrected chi connectivity index (χ4v) is 3.74. The van der Waals surface area contributed by atoms with Crippen molar-refractivity contribution >= 4 is 40.6 Å². The summed E-state index contributed by atoms with van der Waals surface area (Å²) in [5, 5.41) is 7.70. The molecule has 0 radical (unpaired) electrons. The van der Waals surface area contributed by atoms with Gasteiger partial charge in [0.1, 0.15) is 10.8 Å². The molecule has 1 fully saturated rings. The van der Waals surface area contributed by atoms with Crippen molar-refractivity contribution in [3.63, 3.8) is 0 Å². The van der Waals surface area contributed by atoms with Gasteiger partial charge in [0.25, 0.3) is 5.56 Å². The minimum absolute atomic E-state index is 0.138. The van der Waals surface area contributed by atoms with E-state index < -0.39 is 0 Å². The lowest BCUT2D eigenvalue weighted by molar-refractivity contribution is -0.117. The molecule has 8 nitrogen and oxygen atoms in total. The second kappa shape index (κ2) is 9.47. The van der Waals surface area contributed by atoms with Crippen molar-refractivity contribution in [1.82, 2.24) is 19.7 Å². The maximum atomic E-state index is 12.7. The van der Waals surface area contributed by atoms with Gasteiger partial charge in [0.2, 0.25) is 5.91 Å². The normalized spacial score (nSPS) is 14.5. The number of carbonyl (C=O) groups excluding carboxylic acids is 1. The Bertz CT molecular complexity index is 1110. The minimum atomic E-state index is -0.359. The van der Waals surface area contributed by atoms with Crippen LogP contribution in [0.5, 0.6) is 0 Å². The Kier molecular flexibility index (Phi) is 6.50. The molecule has 1 aliphatic heterocycles. The van der Waals surface area contributed by atoms with Gasteiger partial charge in [-0.15, -0.1) is 0 Å². The molecule has 10 heteroatoms. The maximum absolute atomic E-state index is 12.7. The smallest absolute Gasteiger partial charge is 0.292 e. The van der Waals surface area contributed by atoms with Crippen LogP contribution in [-0.4, -0.2) is 58.3 Å². The number of anilines is 2. The van der Waals surface area contributed by atoms with Crippen molar-refractivity contribution in [1.29, 1.82) is 0 Å². The van der Waals surface area contributed by atoms with Crippen molar-refractivity contribution in [3.05, 3.63) is 75.3 Å². The van der Waals surface area contributed by atoms with E-state index in [1.807, 2.05) is 28.0 Å². The van der Waals surface area contributed by atoms with Gasteiger partial charge >= 0.3 is 0 Å². The second-order valence-electron chi connectivity index (χ2n) is 7.07. The summed E-state index contributed by atoms with van der Waals surface area (Å²) in [6.45, 7) is 2.81. The van der Waals surface area contributed by atoms with Gasteiger partial charge in [-0.3, -0.25) is 14.5 Å². The number of aromatic nitrogens is 3. The zero-order valence-corrected chi connectivity index (χ0v) is 18.1. The lowest BCUT2D eigenvalue weighted by Gasteiger charge is -2.35. The average molecular weight is 459 g/mol. The molecular weight excluding hydrogens is 439 g/mol. The number of hydrogen-bond donors (Lipinski definition) is 1. The highest BCUT2D eigenvalue weighted by atomic mass is 35.5. The van der Waals surface area contributed by atoms with Crippen LogP contribution in [0.15, 0.2) is 59.7 Å². The molecule has 0 atom stereocenters. The highest BCUT2D eigenvalue weighted by Gasteiger charge is 2.23. The van der Waals surface area contributed by atoms with Crippen LogP contribution in [0, 0.1) is 0 Å².